The fourth-order valence-corrected chi connectivity index (χ4v) is 0.648. The number of aliphatic hydroxyl groups is 1. The van der Waals surface area contributed by atoms with Crippen LogP contribution in [-0.4, -0.2) is 24.9 Å². The molecule has 2 heteroatoms. The summed E-state index contributed by atoms with van der Waals surface area (Å²) in [5.74, 6) is 0. The minimum Gasteiger partial charge on any atom is -0.392 e. The molecule has 0 aliphatic rings. The van der Waals surface area contributed by atoms with Gasteiger partial charge in [-0.2, -0.15) is 0 Å². The highest BCUT2D eigenvalue weighted by Gasteiger charge is 2.03. The maximum absolute atomic E-state index is 8.74. The first-order valence-electron chi connectivity index (χ1n) is 3.43. The van der Waals surface area contributed by atoms with E-state index >= 15 is 0 Å². The number of methoxy groups -OCH3 is 1. The van der Waals surface area contributed by atoms with E-state index < -0.39 is 0 Å². The Balaban J connectivity index is 4.15. The summed E-state index contributed by atoms with van der Waals surface area (Å²) in [6.45, 7) is 5.97. The monoisotopic (exact) mass is 144 g/mol. The van der Waals surface area contributed by atoms with Crippen LogP contribution in [0.2, 0.25) is 0 Å². The van der Waals surface area contributed by atoms with Crippen LogP contribution in [0, 0.1) is 0 Å². The maximum atomic E-state index is 8.74. The van der Waals surface area contributed by atoms with Crippen molar-refractivity contribution in [3.05, 3.63) is 11.1 Å². The summed E-state index contributed by atoms with van der Waals surface area (Å²) < 4.78 is 5.07. The van der Waals surface area contributed by atoms with Gasteiger partial charge in [0.15, 0.2) is 0 Å². The second-order valence-corrected chi connectivity index (χ2v) is 2.50. The van der Waals surface area contributed by atoms with Gasteiger partial charge in [0.1, 0.15) is 0 Å². The molecule has 10 heavy (non-hydrogen) atoms. The molecule has 0 fully saturated rings. The first-order chi connectivity index (χ1) is 4.63. The Morgan fingerprint density at radius 2 is 2.00 bits per heavy atom. The molecule has 0 aliphatic carbocycles. The quantitative estimate of drug-likeness (QED) is 0.606. The van der Waals surface area contributed by atoms with Crippen LogP contribution in [0.4, 0.5) is 0 Å². The fraction of sp³-hybridized carbons (Fsp3) is 0.750. The van der Waals surface area contributed by atoms with Crippen molar-refractivity contribution in [2.45, 2.75) is 26.9 Å². The molecule has 0 aromatic heterocycles. The minimum atomic E-state index is 0.118. The van der Waals surface area contributed by atoms with Crippen LogP contribution in [0.15, 0.2) is 11.1 Å². The minimum absolute atomic E-state index is 0.118. The van der Waals surface area contributed by atoms with Crippen molar-refractivity contribution in [3.8, 4) is 0 Å². The number of ether oxygens (including phenoxy) is 1. The summed E-state index contributed by atoms with van der Waals surface area (Å²) >= 11 is 0. The summed E-state index contributed by atoms with van der Waals surface area (Å²) in [6, 6.07) is 0. The topological polar surface area (TPSA) is 29.5 Å². The lowest BCUT2D eigenvalue weighted by Crippen LogP contribution is -2.09. The van der Waals surface area contributed by atoms with Crippen LogP contribution in [0.3, 0.4) is 0 Å². The summed E-state index contributed by atoms with van der Waals surface area (Å²) in [6.07, 6.45) is 0.118. The number of aliphatic hydroxyl groups excluding tert-OH is 1. The van der Waals surface area contributed by atoms with Crippen LogP contribution < -0.4 is 0 Å². The highest BCUT2D eigenvalue weighted by molar-refractivity contribution is 5.13. The van der Waals surface area contributed by atoms with E-state index in [0.717, 1.165) is 11.1 Å². The van der Waals surface area contributed by atoms with Gasteiger partial charge in [0.05, 0.1) is 12.7 Å². The zero-order valence-electron chi connectivity index (χ0n) is 7.14. The first kappa shape index (κ1) is 9.66. The van der Waals surface area contributed by atoms with Crippen molar-refractivity contribution in [2.75, 3.05) is 13.7 Å². The summed E-state index contributed by atoms with van der Waals surface area (Å²) in [5, 5.41) is 8.74. The van der Waals surface area contributed by atoms with Gasteiger partial charge in [0, 0.05) is 7.11 Å². The van der Waals surface area contributed by atoms with Crippen LogP contribution in [0.1, 0.15) is 20.8 Å². The third-order valence-corrected chi connectivity index (χ3v) is 1.87. The summed E-state index contributed by atoms with van der Waals surface area (Å²) in [7, 11) is 1.67. The van der Waals surface area contributed by atoms with Crippen molar-refractivity contribution >= 4 is 0 Å². The molecule has 1 N–H and O–H groups in total. The Morgan fingerprint density at radius 3 is 2.30 bits per heavy atom. The van der Waals surface area contributed by atoms with Crippen molar-refractivity contribution in [1.82, 2.24) is 0 Å². The zero-order valence-corrected chi connectivity index (χ0v) is 7.14. The van der Waals surface area contributed by atoms with Gasteiger partial charge in [-0.25, -0.2) is 0 Å². The Bertz CT molecular complexity index is 127. The van der Waals surface area contributed by atoms with Gasteiger partial charge < -0.3 is 9.84 Å². The molecule has 2 nitrogen and oxygen atoms in total. The number of rotatable bonds is 3. The molecule has 60 valence electrons. The molecule has 0 aliphatic heterocycles. The predicted molar refractivity (Wildman–Crippen MR) is 41.9 cm³/mol. The van der Waals surface area contributed by atoms with Gasteiger partial charge in [-0.3, -0.25) is 0 Å². The van der Waals surface area contributed by atoms with E-state index in [1.165, 1.54) is 0 Å². The molecular formula is C8H16O2. The smallest absolute Gasteiger partial charge is 0.0753 e. The lowest BCUT2D eigenvalue weighted by atomic mass is 10.1. The normalized spacial score (nSPS) is 16.5. The molecule has 0 saturated carbocycles. The van der Waals surface area contributed by atoms with Gasteiger partial charge in [0.2, 0.25) is 0 Å². The van der Waals surface area contributed by atoms with E-state index in [0.29, 0.717) is 0 Å². The lowest BCUT2D eigenvalue weighted by Gasteiger charge is -2.12. The van der Waals surface area contributed by atoms with E-state index in [-0.39, 0.29) is 12.7 Å². The van der Waals surface area contributed by atoms with Crippen molar-refractivity contribution in [1.29, 1.82) is 0 Å². The van der Waals surface area contributed by atoms with Crippen molar-refractivity contribution in [3.63, 3.8) is 0 Å². The third-order valence-electron chi connectivity index (χ3n) is 1.87. The SMILES string of the molecule is COC(C)C(C)=C(C)CO. The fourth-order valence-electron chi connectivity index (χ4n) is 0.648. The summed E-state index contributed by atoms with van der Waals surface area (Å²) in [4.78, 5) is 0. The molecule has 0 aromatic carbocycles. The van der Waals surface area contributed by atoms with Crippen LogP contribution >= 0.6 is 0 Å². The molecule has 0 bridgehead atoms. The Labute approximate surface area is 62.5 Å². The van der Waals surface area contributed by atoms with Crippen molar-refractivity contribution in [2.24, 2.45) is 0 Å². The maximum Gasteiger partial charge on any atom is 0.0753 e. The molecule has 0 amide bonds. The molecule has 0 aromatic rings. The van der Waals surface area contributed by atoms with E-state index in [1.807, 2.05) is 20.8 Å². The van der Waals surface area contributed by atoms with E-state index in [1.54, 1.807) is 7.11 Å². The highest BCUT2D eigenvalue weighted by atomic mass is 16.5. The first-order valence-corrected chi connectivity index (χ1v) is 3.43. The zero-order chi connectivity index (χ0) is 8.15. The van der Waals surface area contributed by atoms with Crippen LogP contribution in [-0.2, 0) is 4.74 Å². The molecular weight excluding hydrogens is 128 g/mol. The average molecular weight is 144 g/mol. The van der Waals surface area contributed by atoms with Gasteiger partial charge in [-0.1, -0.05) is 0 Å². The molecule has 0 radical (unpaired) electrons. The molecule has 0 spiro atoms. The predicted octanol–water partition coefficient (Wildman–Crippen LogP) is 1.35. The molecule has 0 heterocycles. The van der Waals surface area contributed by atoms with Gasteiger partial charge in [-0.05, 0) is 31.9 Å². The van der Waals surface area contributed by atoms with E-state index in [2.05, 4.69) is 0 Å². The summed E-state index contributed by atoms with van der Waals surface area (Å²) in [5.41, 5.74) is 2.11. The Kier molecular flexibility index (Phi) is 4.32. The Hall–Kier alpha value is -0.340. The van der Waals surface area contributed by atoms with E-state index in [4.69, 9.17) is 9.84 Å². The van der Waals surface area contributed by atoms with Crippen molar-refractivity contribution < 1.29 is 9.84 Å². The average Bonchev–Trinajstić information content (AvgIpc) is 2.00. The molecule has 0 rings (SSSR count). The second-order valence-electron chi connectivity index (χ2n) is 2.50. The Morgan fingerprint density at radius 1 is 1.50 bits per heavy atom. The molecule has 0 saturated heterocycles. The van der Waals surface area contributed by atoms with E-state index in [9.17, 15) is 0 Å². The van der Waals surface area contributed by atoms with Crippen LogP contribution in [0.5, 0.6) is 0 Å². The van der Waals surface area contributed by atoms with Gasteiger partial charge >= 0.3 is 0 Å². The van der Waals surface area contributed by atoms with Gasteiger partial charge in [0.25, 0.3) is 0 Å². The van der Waals surface area contributed by atoms with Gasteiger partial charge in [-0.15, -0.1) is 0 Å². The molecule has 1 unspecified atom stereocenters. The molecule has 1 atom stereocenters. The lowest BCUT2D eigenvalue weighted by molar-refractivity contribution is 0.145. The third kappa shape index (κ3) is 2.50. The highest BCUT2D eigenvalue weighted by Crippen LogP contribution is 2.09. The second kappa shape index (κ2) is 4.47. The van der Waals surface area contributed by atoms with Crippen LogP contribution in [0.25, 0.3) is 0 Å². The number of hydrogen-bond donors (Lipinski definition) is 1. The number of hydrogen-bond acceptors (Lipinski definition) is 2. The largest absolute Gasteiger partial charge is 0.392 e. The standard InChI is InChI=1S/C8H16O2/c1-6(5-9)7(2)8(3)10-4/h8-9H,5H2,1-4H3.